The second-order valence-electron chi connectivity index (χ2n) is 3.98. The van der Waals surface area contributed by atoms with Crippen molar-refractivity contribution in [2.45, 2.75) is 29.9 Å². The van der Waals surface area contributed by atoms with Crippen molar-refractivity contribution in [3.8, 4) is 0 Å². The minimum Gasteiger partial charge on any atom is -0.301 e. The van der Waals surface area contributed by atoms with Crippen molar-refractivity contribution in [3.05, 3.63) is 43.7 Å². The van der Waals surface area contributed by atoms with E-state index >= 15 is 0 Å². The Morgan fingerprint density at radius 1 is 1.48 bits per heavy atom. The van der Waals surface area contributed by atoms with Gasteiger partial charge in [0, 0.05) is 11.8 Å². The Hall–Kier alpha value is -2.00. The number of hydrogen-bond acceptors (Lipinski definition) is 7. The van der Waals surface area contributed by atoms with Gasteiger partial charge in [-0.25, -0.2) is 15.0 Å². The van der Waals surface area contributed by atoms with Crippen LogP contribution in [0.15, 0.2) is 27.2 Å². The van der Waals surface area contributed by atoms with Crippen LogP contribution < -0.4 is 5.56 Å². The molecular formula is C11H10ClN5O3S. The number of aromatic nitrogens is 4. The number of rotatable bonds is 5. The minimum absolute atomic E-state index is 0.0248. The fraction of sp³-hybridized carbons (Fsp3) is 0.273. The summed E-state index contributed by atoms with van der Waals surface area (Å²) in [7, 11) is 0. The molecule has 0 aliphatic heterocycles. The molecule has 0 bridgehead atoms. The van der Waals surface area contributed by atoms with Crippen molar-refractivity contribution >= 4 is 29.1 Å². The molecule has 0 aromatic carbocycles. The van der Waals surface area contributed by atoms with Gasteiger partial charge in [-0.3, -0.25) is 14.9 Å². The van der Waals surface area contributed by atoms with Crippen LogP contribution in [0.25, 0.3) is 0 Å². The molecule has 21 heavy (non-hydrogen) atoms. The normalized spacial score (nSPS) is 10.6. The van der Waals surface area contributed by atoms with Crippen LogP contribution in [0.2, 0.25) is 5.28 Å². The molecule has 8 nitrogen and oxygen atoms in total. The summed E-state index contributed by atoms with van der Waals surface area (Å²) in [6.45, 7) is 1.96. The van der Waals surface area contributed by atoms with Crippen LogP contribution in [0.4, 0.5) is 5.69 Å². The first kappa shape index (κ1) is 15.4. The van der Waals surface area contributed by atoms with Crippen LogP contribution in [0.5, 0.6) is 0 Å². The number of nitro groups is 1. The van der Waals surface area contributed by atoms with E-state index in [1.54, 1.807) is 0 Å². The van der Waals surface area contributed by atoms with E-state index in [4.69, 9.17) is 11.6 Å². The summed E-state index contributed by atoms with van der Waals surface area (Å²) in [6.07, 6.45) is 2.50. The number of aromatic amines is 1. The lowest BCUT2D eigenvalue weighted by Crippen LogP contribution is -2.10. The maximum absolute atomic E-state index is 11.6. The van der Waals surface area contributed by atoms with E-state index in [0.29, 0.717) is 12.1 Å². The number of H-pyrrole nitrogens is 1. The maximum atomic E-state index is 11.6. The molecule has 0 fully saturated rings. The zero-order chi connectivity index (χ0) is 15.4. The van der Waals surface area contributed by atoms with Crippen LogP contribution in [0, 0.1) is 10.1 Å². The van der Waals surface area contributed by atoms with Crippen LogP contribution in [0.1, 0.15) is 19.0 Å². The molecule has 0 spiro atoms. The Kier molecular flexibility index (Phi) is 4.86. The molecule has 0 saturated carbocycles. The van der Waals surface area contributed by atoms with Gasteiger partial charge in [0.15, 0.2) is 10.2 Å². The van der Waals surface area contributed by atoms with Gasteiger partial charge < -0.3 is 4.98 Å². The fourth-order valence-corrected chi connectivity index (χ4v) is 2.59. The molecule has 0 amide bonds. The molecule has 2 rings (SSSR count). The topological polar surface area (TPSA) is 115 Å². The molecule has 1 N–H and O–H groups in total. The summed E-state index contributed by atoms with van der Waals surface area (Å²) in [5, 5.41) is 11.1. The summed E-state index contributed by atoms with van der Waals surface area (Å²) in [5.74, 6) is 0. The molecule has 0 atom stereocenters. The average Bonchev–Trinajstić information content (AvgIpc) is 2.38. The summed E-state index contributed by atoms with van der Waals surface area (Å²) >= 11 is 6.52. The number of hydrogen-bond donors (Lipinski definition) is 1. The molecule has 0 saturated heterocycles. The van der Waals surface area contributed by atoms with Gasteiger partial charge in [-0.2, -0.15) is 0 Å². The third-order valence-electron chi connectivity index (χ3n) is 2.38. The highest BCUT2D eigenvalue weighted by atomic mass is 35.5. The molecule has 0 aliphatic rings. The van der Waals surface area contributed by atoms with E-state index in [1.165, 1.54) is 6.07 Å². The summed E-state index contributed by atoms with van der Waals surface area (Å²) in [5.41, 5.74) is -0.00161. The van der Waals surface area contributed by atoms with Gasteiger partial charge >= 0.3 is 5.69 Å². The third-order valence-corrected chi connectivity index (χ3v) is 3.44. The van der Waals surface area contributed by atoms with Crippen LogP contribution in [-0.4, -0.2) is 24.9 Å². The Morgan fingerprint density at radius 3 is 2.90 bits per heavy atom. The van der Waals surface area contributed by atoms with Gasteiger partial charge in [0.05, 0.1) is 4.92 Å². The van der Waals surface area contributed by atoms with Crippen molar-refractivity contribution in [1.29, 1.82) is 0 Å². The van der Waals surface area contributed by atoms with E-state index < -0.39 is 4.92 Å². The van der Waals surface area contributed by atoms with Crippen LogP contribution in [0.3, 0.4) is 0 Å². The molecule has 2 aromatic heterocycles. The van der Waals surface area contributed by atoms with E-state index in [0.717, 1.165) is 24.4 Å². The van der Waals surface area contributed by atoms with E-state index in [9.17, 15) is 14.9 Å². The van der Waals surface area contributed by atoms with E-state index in [1.807, 2.05) is 6.92 Å². The number of nitrogens with zero attached hydrogens (tertiary/aromatic N) is 4. The van der Waals surface area contributed by atoms with Gasteiger partial charge in [-0.05, 0) is 29.8 Å². The summed E-state index contributed by atoms with van der Waals surface area (Å²) < 4.78 is 0. The zero-order valence-electron chi connectivity index (χ0n) is 10.9. The Bertz CT molecular complexity index is 736. The molecule has 0 unspecified atom stereocenters. The SMILES string of the molecule is CCCc1cc(=O)[nH]c(Sc2nc(Cl)ncc2[N+](=O)[O-])n1. The highest BCUT2D eigenvalue weighted by Crippen LogP contribution is 2.30. The van der Waals surface area contributed by atoms with Crippen LogP contribution >= 0.6 is 23.4 Å². The lowest BCUT2D eigenvalue weighted by atomic mass is 10.2. The van der Waals surface area contributed by atoms with Gasteiger partial charge in [0.1, 0.15) is 6.20 Å². The van der Waals surface area contributed by atoms with Gasteiger partial charge in [0.25, 0.3) is 5.56 Å². The van der Waals surface area contributed by atoms with Gasteiger partial charge in [-0.15, -0.1) is 0 Å². The quantitative estimate of drug-likeness (QED) is 0.387. The predicted molar refractivity (Wildman–Crippen MR) is 76.7 cm³/mol. The minimum atomic E-state index is -0.618. The molecule has 2 aromatic rings. The van der Waals surface area contributed by atoms with Crippen molar-refractivity contribution < 1.29 is 4.92 Å². The number of nitrogens with one attached hydrogen (secondary N) is 1. The molecular weight excluding hydrogens is 318 g/mol. The van der Waals surface area contributed by atoms with E-state index in [2.05, 4.69) is 19.9 Å². The first-order valence-electron chi connectivity index (χ1n) is 5.94. The van der Waals surface area contributed by atoms with Crippen molar-refractivity contribution in [2.75, 3.05) is 0 Å². The average molecular weight is 328 g/mol. The zero-order valence-corrected chi connectivity index (χ0v) is 12.4. The molecule has 2 heterocycles. The lowest BCUT2D eigenvalue weighted by Gasteiger charge is -2.03. The summed E-state index contributed by atoms with van der Waals surface area (Å²) in [6, 6.07) is 1.40. The largest absolute Gasteiger partial charge is 0.320 e. The Balaban J connectivity index is 2.40. The standard InChI is InChI=1S/C11H10ClN5O3S/c1-2-3-6-4-8(18)15-11(14-6)21-9-7(17(19)20)5-13-10(12)16-9/h4-5H,2-3H2,1H3,(H,14,15,18). The first-order valence-corrected chi connectivity index (χ1v) is 7.14. The second-order valence-corrected chi connectivity index (χ2v) is 5.30. The Morgan fingerprint density at radius 2 is 2.24 bits per heavy atom. The van der Waals surface area contributed by atoms with Crippen LogP contribution in [-0.2, 0) is 6.42 Å². The highest BCUT2D eigenvalue weighted by molar-refractivity contribution is 7.99. The molecule has 0 aliphatic carbocycles. The number of halogens is 1. The Labute approximate surface area is 128 Å². The van der Waals surface area contributed by atoms with Gasteiger partial charge in [0.2, 0.25) is 5.28 Å². The highest BCUT2D eigenvalue weighted by Gasteiger charge is 2.19. The van der Waals surface area contributed by atoms with Crippen molar-refractivity contribution in [1.82, 2.24) is 19.9 Å². The van der Waals surface area contributed by atoms with Gasteiger partial charge in [-0.1, -0.05) is 13.3 Å². The lowest BCUT2D eigenvalue weighted by molar-refractivity contribution is -0.388. The van der Waals surface area contributed by atoms with Crippen molar-refractivity contribution in [2.24, 2.45) is 0 Å². The smallest absolute Gasteiger partial charge is 0.301 e. The second kappa shape index (κ2) is 6.64. The maximum Gasteiger partial charge on any atom is 0.320 e. The van der Waals surface area contributed by atoms with Crippen molar-refractivity contribution in [3.63, 3.8) is 0 Å². The summed E-state index contributed by atoms with van der Waals surface area (Å²) in [4.78, 5) is 36.0. The van der Waals surface area contributed by atoms with E-state index in [-0.39, 0.29) is 26.7 Å². The molecule has 110 valence electrons. The number of aryl methyl sites for hydroxylation is 1. The first-order chi connectivity index (χ1) is 9.99. The fourth-order valence-electron chi connectivity index (χ4n) is 1.55. The monoisotopic (exact) mass is 327 g/mol. The predicted octanol–water partition coefficient (Wildman–Crippen LogP) is 2.23. The molecule has 0 radical (unpaired) electrons. The third kappa shape index (κ3) is 3.99. The molecule has 10 heteroatoms.